The fraction of sp³-hybridized carbons (Fsp3) is 1.00. The van der Waals surface area contributed by atoms with E-state index >= 15 is 0 Å². The van der Waals surface area contributed by atoms with Crippen LogP contribution in [0.4, 0.5) is 70.2 Å². The monoisotopic (exact) mass is 504 g/mol. The molecule has 0 aromatic heterocycles. The van der Waals surface area contributed by atoms with Crippen LogP contribution in [-0.4, -0.2) is 34.6 Å². The lowest BCUT2D eigenvalue weighted by molar-refractivity contribution is -0.318. The Morgan fingerprint density at radius 1 is 0.393 bits per heavy atom. The lowest BCUT2D eigenvalue weighted by Gasteiger charge is -2.69. The number of hydrogen-bond donors (Lipinski definition) is 0. The zero-order valence-corrected chi connectivity index (χ0v) is 13.1. The third-order valence-corrected chi connectivity index (χ3v) is 8.93. The normalized spacial score (nSPS) is 26.3. The van der Waals surface area contributed by atoms with E-state index in [4.69, 9.17) is 0 Å². The molecule has 0 aromatic rings. The molecule has 0 saturated carbocycles. The van der Waals surface area contributed by atoms with Crippen molar-refractivity contribution in [2.45, 2.75) is 34.6 Å². The van der Waals surface area contributed by atoms with Crippen molar-refractivity contribution in [1.82, 2.24) is 0 Å². The smallest absolute Gasteiger partial charge is 0.170 e. The van der Waals surface area contributed by atoms with Crippen LogP contribution in [-0.2, 0) is 16.7 Å². The predicted molar refractivity (Wildman–Crippen MR) is 53.6 cm³/mol. The van der Waals surface area contributed by atoms with Gasteiger partial charge in [-0.2, -0.15) is 34.3 Å². The molecule has 1 aliphatic rings. The van der Waals surface area contributed by atoms with E-state index in [0.717, 1.165) is 0 Å². The Balaban J connectivity index is 3.75. The average Bonchev–Trinajstić information content (AvgIpc) is 2.28. The molecule has 1 saturated heterocycles. The maximum Gasteiger partial charge on any atom is 0.541 e. The van der Waals surface area contributed by atoms with Gasteiger partial charge in [-0.15, -0.1) is 52.7 Å². The molecule has 0 unspecified atom stereocenters. The van der Waals surface area contributed by atoms with Crippen molar-refractivity contribution in [3.63, 3.8) is 0 Å². The van der Waals surface area contributed by atoms with E-state index in [2.05, 4.69) is 0 Å². The molecular weight excluding hydrogens is 504 g/mol. The molecule has 1 fully saturated rings. The summed E-state index contributed by atoms with van der Waals surface area (Å²) in [7, 11) is -15.9. The lowest BCUT2D eigenvalue weighted by atomic mass is 11.4. The first kappa shape index (κ1) is 25.5. The first-order valence-electron chi connectivity index (χ1n) is 5.32. The topological polar surface area (TPSA) is 36.9 Å². The molecule has 0 aromatic carbocycles. The summed E-state index contributed by atoms with van der Waals surface area (Å²) >= 11 is 0. The summed E-state index contributed by atoms with van der Waals surface area (Å²) in [4.78, 5) is 0. The van der Waals surface area contributed by atoms with Gasteiger partial charge in [-0.1, -0.05) is 0 Å². The quantitative estimate of drug-likeness (QED) is 0.409. The Morgan fingerprint density at radius 2 is 0.536 bits per heavy atom. The molecule has 1 aliphatic heterocycles. The third-order valence-electron chi connectivity index (χ3n) is 2.10. The van der Waals surface area contributed by atoms with Crippen LogP contribution < -0.4 is 0 Å². The molecule has 0 amide bonds. The van der Waals surface area contributed by atoms with Crippen molar-refractivity contribution in [2.75, 3.05) is 0 Å². The maximum absolute atomic E-state index is 13.9. The molecule has 1 heterocycles. The molecule has 0 bridgehead atoms. The van der Waals surface area contributed by atoms with Crippen LogP contribution in [0.5, 0.6) is 0 Å². The fourth-order valence-electron chi connectivity index (χ4n) is 1.49. The summed E-state index contributed by atoms with van der Waals surface area (Å²) in [6.45, 7) is 0. The molecule has 0 N–H and O–H groups in total. The van der Waals surface area contributed by atoms with Crippen LogP contribution in [0.1, 0.15) is 0 Å². The summed E-state index contributed by atoms with van der Waals surface area (Å²) in [5, 5.41) is 0. The van der Waals surface area contributed by atoms with Gasteiger partial charge in [0.25, 0.3) is 0 Å². The van der Waals surface area contributed by atoms with Gasteiger partial charge in [0.05, 0.1) is 0 Å². The van der Waals surface area contributed by atoms with Gasteiger partial charge >= 0.3 is 34.6 Å². The molecule has 4 nitrogen and oxygen atoms in total. The van der Waals surface area contributed by atoms with E-state index in [9.17, 15) is 70.2 Å². The van der Waals surface area contributed by atoms with Gasteiger partial charge in [0, 0.05) is 0 Å². The van der Waals surface area contributed by atoms with Gasteiger partial charge in [-0.25, -0.2) is 0 Å². The largest absolute Gasteiger partial charge is 0.541 e. The molecular formula is C6F16O4S2. The number of halogens is 16. The highest BCUT2D eigenvalue weighted by atomic mass is 32.4. The van der Waals surface area contributed by atoms with Gasteiger partial charge in [0.2, 0.25) is 0 Å². The van der Waals surface area contributed by atoms with Gasteiger partial charge < -0.3 is 0 Å². The van der Waals surface area contributed by atoms with Crippen LogP contribution in [0.3, 0.4) is 0 Å². The molecule has 172 valence electrons. The Morgan fingerprint density at radius 3 is 0.643 bits per heavy atom. The number of alkyl halides is 16. The Bertz CT molecular complexity index is 488. The SMILES string of the molecule is FC(F)(F)OS1(OC(F)(F)F)C(F)(F)S(OC(F)(F)F)(OC(F)(F)F)C1(F)F. The second-order valence-corrected chi connectivity index (χ2v) is 9.30. The van der Waals surface area contributed by atoms with Crippen molar-refractivity contribution in [1.29, 1.82) is 0 Å². The molecule has 28 heavy (non-hydrogen) atoms. The standard InChI is InChI=1S/C6F16O4S2/c7-1(8,9)23-27(24-2(10,11)12)5(19,20)28(6(27,21)22,25-3(13,14)15)26-4(16,17)18. The summed E-state index contributed by atoms with van der Waals surface area (Å²) in [5.41, 5.74) is 0. The summed E-state index contributed by atoms with van der Waals surface area (Å²) in [5.74, 6) is 0. The van der Waals surface area contributed by atoms with E-state index in [-0.39, 0.29) is 0 Å². The second kappa shape index (κ2) is 6.46. The highest BCUT2D eigenvalue weighted by Gasteiger charge is 2.97. The van der Waals surface area contributed by atoms with Crippen molar-refractivity contribution in [2.24, 2.45) is 0 Å². The van der Waals surface area contributed by atoms with Gasteiger partial charge in [0.15, 0.2) is 0 Å². The lowest BCUT2D eigenvalue weighted by Crippen LogP contribution is -2.64. The minimum Gasteiger partial charge on any atom is -0.170 e. The number of rotatable bonds is 4. The van der Waals surface area contributed by atoms with Crippen molar-refractivity contribution in [3.05, 3.63) is 0 Å². The van der Waals surface area contributed by atoms with Crippen LogP contribution in [0.15, 0.2) is 0 Å². The molecule has 0 radical (unpaired) electrons. The van der Waals surface area contributed by atoms with E-state index in [1.54, 1.807) is 0 Å². The van der Waals surface area contributed by atoms with E-state index in [0.29, 0.717) is 0 Å². The second-order valence-electron chi connectivity index (χ2n) is 4.05. The summed E-state index contributed by atoms with van der Waals surface area (Å²) in [6, 6.07) is 0. The minimum absolute atomic E-state index is 1.92. The van der Waals surface area contributed by atoms with Crippen molar-refractivity contribution < 1.29 is 87.0 Å². The Labute approximate surface area is 144 Å². The predicted octanol–water partition coefficient (Wildman–Crippen LogP) is 6.52. The van der Waals surface area contributed by atoms with E-state index in [1.165, 1.54) is 0 Å². The minimum atomic E-state index is -7.95. The van der Waals surface area contributed by atoms with Gasteiger partial charge in [0.1, 0.15) is 0 Å². The Hall–Kier alpha value is -0.580. The third kappa shape index (κ3) is 4.29. The first-order chi connectivity index (χ1) is 11.8. The fourth-order valence-corrected chi connectivity index (χ4v) is 7.76. The van der Waals surface area contributed by atoms with Crippen molar-refractivity contribution in [3.8, 4) is 0 Å². The number of hydrogen-bond acceptors (Lipinski definition) is 4. The summed E-state index contributed by atoms with van der Waals surface area (Å²) in [6.07, 6.45) is -27.5. The maximum atomic E-state index is 13.9. The zero-order valence-electron chi connectivity index (χ0n) is 11.5. The van der Waals surface area contributed by atoms with E-state index in [1.807, 2.05) is 16.7 Å². The molecule has 0 aliphatic carbocycles. The molecule has 22 heteroatoms. The van der Waals surface area contributed by atoms with Gasteiger partial charge in [-0.05, 0) is 21.2 Å². The van der Waals surface area contributed by atoms with Crippen molar-refractivity contribution >= 4 is 21.2 Å². The van der Waals surface area contributed by atoms with Gasteiger partial charge in [-0.3, -0.25) is 0 Å². The summed E-state index contributed by atoms with van der Waals surface area (Å²) < 4.78 is 195. The van der Waals surface area contributed by atoms with Crippen LogP contribution in [0.25, 0.3) is 0 Å². The van der Waals surface area contributed by atoms with Crippen LogP contribution in [0.2, 0.25) is 0 Å². The highest BCUT2D eigenvalue weighted by Crippen LogP contribution is 3.04. The zero-order chi connectivity index (χ0) is 22.8. The molecule has 0 spiro atoms. The molecule has 1 rings (SSSR count). The first-order valence-corrected chi connectivity index (χ1v) is 8.29. The molecule has 0 atom stereocenters. The van der Waals surface area contributed by atoms with Crippen LogP contribution in [0, 0.1) is 0 Å². The highest BCUT2D eigenvalue weighted by molar-refractivity contribution is 8.58. The average molecular weight is 504 g/mol. The Kier molecular flexibility index (Phi) is 5.87. The van der Waals surface area contributed by atoms with E-state index < -0.39 is 55.8 Å². The van der Waals surface area contributed by atoms with Crippen LogP contribution >= 0.6 is 21.2 Å².